The van der Waals surface area contributed by atoms with Crippen LogP contribution in [-0.2, 0) is 0 Å². The first-order valence-electron chi connectivity index (χ1n) is 6.60. The van der Waals surface area contributed by atoms with Gasteiger partial charge in [0.05, 0.1) is 0 Å². The molecule has 2 aromatic rings. The van der Waals surface area contributed by atoms with E-state index < -0.39 is 0 Å². The number of nitrogens with one attached hydrogen (secondary N) is 2. The van der Waals surface area contributed by atoms with Gasteiger partial charge in [0.2, 0.25) is 0 Å². The summed E-state index contributed by atoms with van der Waals surface area (Å²) in [6, 6.07) is 3.70. The first-order valence-corrected chi connectivity index (χ1v) is 6.60. The zero-order chi connectivity index (χ0) is 13.2. The summed E-state index contributed by atoms with van der Waals surface area (Å²) in [5, 5.41) is 13.9. The fourth-order valence-corrected chi connectivity index (χ4v) is 2.54. The lowest BCUT2D eigenvalue weighted by atomic mass is 9.98. The van der Waals surface area contributed by atoms with Crippen LogP contribution in [0.1, 0.15) is 12.8 Å². The number of aromatic amines is 1. The standard InChI is InChI=1S/C12H18N6O/c1-17(8-9-4-6-13-7-5-9)11-3-2-10-14-15-12(19)18(10)16-11/h2-3,9,13H,4-8H2,1H3,(H,15,19). The predicted molar refractivity (Wildman–Crippen MR) is 72.5 cm³/mol. The lowest BCUT2D eigenvalue weighted by Gasteiger charge is -2.27. The van der Waals surface area contributed by atoms with E-state index in [4.69, 9.17) is 0 Å². The van der Waals surface area contributed by atoms with Gasteiger partial charge in [-0.25, -0.2) is 9.89 Å². The molecule has 0 saturated carbocycles. The Morgan fingerprint density at radius 1 is 1.42 bits per heavy atom. The number of rotatable bonds is 3. The minimum atomic E-state index is -0.299. The first kappa shape index (κ1) is 12.2. The molecule has 102 valence electrons. The zero-order valence-electron chi connectivity index (χ0n) is 11.0. The molecule has 0 unspecified atom stereocenters. The maximum atomic E-state index is 11.5. The summed E-state index contributed by atoms with van der Waals surface area (Å²) in [7, 11) is 2.02. The molecule has 0 spiro atoms. The highest BCUT2D eigenvalue weighted by Crippen LogP contribution is 2.16. The van der Waals surface area contributed by atoms with Gasteiger partial charge >= 0.3 is 5.69 Å². The summed E-state index contributed by atoms with van der Waals surface area (Å²) in [5.41, 5.74) is 0.246. The molecule has 3 heterocycles. The van der Waals surface area contributed by atoms with Crippen molar-refractivity contribution >= 4 is 11.5 Å². The van der Waals surface area contributed by atoms with Crippen LogP contribution in [0.15, 0.2) is 16.9 Å². The van der Waals surface area contributed by atoms with Crippen LogP contribution in [0.4, 0.5) is 5.82 Å². The maximum absolute atomic E-state index is 11.5. The van der Waals surface area contributed by atoms with Gasteiger partial charge < -0.3 is 10.2 Å². The first-order chi connectivity index (χ1) is 9.24. The van der Waals surface area contributed by atoms with Gasteiger partial charge in [-0.1, -0.05) is 0 Å². The van der Waals surface area contributed by atoms with E-state index in [1.807, 2.05) is 13.1 Å². The molecule has 0 radical (unpaired) electrons. The van der Waals surface area contributed by atoms with Crippen molar-refractivity contribution in [1.29, 1.82) is 0 Å². The monoisotopic (exact) mass is 262 g/mol. The van der Waals surface area contributed by atoms with Gasteiger partial charge in [-0.2, -0.15) is 9.61 Å². The molecule has 1 aliphatic rings. The Bertz CT molecular complexity index is 612. The van der Waals surface area contributed by atoms with Crippen molar-refractivity contribution in [3.63, 3.8) is 0 Å². The molecular weight excluding hydrogens is 244 g/mol. The summed E-state index contributed by atoms with van der Waals surface area (Å²) in [6.45, 7) is 3.14. The average molecular weight is 262 g/mol. The Morgan fingerprint density at radius 2 is 2.21 bits per heavy atom. The van der Waals surface area contributed by atoms with Crippen LogP contribution in [-0.4, -0.2) is 46.5 Å². The molecule has 0 atom stereocenters. The summed E-state index contributed by atoms with van der Waals surface area (Å²) >= 11 is 0. The molecule has 2 N–H and O–H groups in total. The third-order valence-corrected chi connectivity index (χ3v) is 3.64. The Labute approximate surface area is 110 Å². The lowest BCUT2D eigenvalue weighted by molar-refractivity contribution is 0.377. The van der Waals surface area contributed by atoms with Gasteiger partial charge in [0.15, 0.2) is 5.65 Å². The number of hydrogen-bond acceptors (Lipinski definition) is 5. The molecule has 7 heteroatoms. The van der Waals surface area contributed by atoms with Crippen molar-refractivity contribution in [3.05, 3.63) is 22.6 Å². The largest absolute Gasteiger partial charge is 0.364 e. The second-order valence-corrected chi connectivity index (χ2v) is 5.06. The molecule has 2 aromatic heterocycles. The van der Waals surface area contributed by atoms with Crippen LogP contribution in [0.5, 0.6) is 0 Å². The molecule has 1 aliphatic heterocycles. The summed E-state index contributed by atoms with van der Waals surface area (Å²) in [5.74, 6) is 1.49. The quantitative estimate of drug-likeness (QED) is 0.804. The Morgan fingerprint density at radius 3 is 3.00 bits per heavy atom. The van der Waals surface area contributed by atoms with Crippen LogP contribution in [0.2, 0.25) is 0 Å². The second-order valence-electron chi connectivity index (χ2n) is 5.06. The van der Waals surface area contributed by atoms with E-state index in [9.17, 15) is 4.79 Å². The highest BCUT2D eigenvalue weighted by molar-refractivity contribution is 5.44. The van der Waals surface area contributed by atoms with Crippen molar-refractivity contribution in [2.45, 2.75) is 12.8 Å². The van der Waals surface area contributed by atoms with Crippen molar-refractivity contribution in [3.8, 4) is 0 Å². The van der Waals surface area contributed by atoms with E-state index in [1.165, 1.54) is 17.4 Å². The number of piperidine rings is 1. The highest BCUT2D eigenvalue weighted by atomic mass is 16.2. The normalized spacial score (nSPS) is 16.9. The molecule has 0 aliphatic carbocycles. The number of nitrogens with zero attached hydrogens (tertiary/aromatic N) is 4. The highest BCUT2D eigenvalue weighted by Gasteiger charge is 2.16. The summed E-state index contributed by atoms with van der Waals surface area (Å²) < 4.78 is 1.30. The molecule has 1 saturated heterocycles. The van der Waals surface area contributed by atoms with Gasteiger partial charge in [-0.05, 0) is 44.0 Å². The van der Waals surface area contributed by atoms with Crippen LogP contribution in [0.25, 0.3) is 5.65 Å². The van der Waals surface area contributed by atoms with Crippen molar-refractivity contribution in [2.75, 3.05) is 31.6 Å². The smallest absolute Gasteiger partial charge is 0.358 e. The van der Waals surface area contributed by atoms with E-state index in [1.54, 1.807) is 6.07 Å². The minimum Gasteiger partial charge on any atom is -0.358 e. The molecule has 19 heavy (non-hydrogen) atoms. The molecule has 0 bridgehead atoms. The van der Waals surface area contributed by atoms with Crippen molar-refractivity contribution in [2.24, 2.45) is 5.92 Å². The molecule has 0 amide bonds. The summed E-state index contributed by atoms with van der Waals surface area (Å²) in [6.07, 6.45) is 2.39. The van der Waals surface area contributed by atoms with Gasteiger partial charge in [-0.3, -0.25) is 0 Å². The minimum absolute atomic E-state index is 0.299. The number of H-pyrrole nitrogens is 1. The van der Waals surface area contributed by atoms with Gasteiger partial charge in [0, 0.05) is 13.6 Å². The fourth-order valence-electron chi connectivity index (χ4n) is 2.54. The second kappa shape index (κ2) is 5.00. The van der Waals surface area contributed by atoms with Crippen LogP contribution >= 0.6 is 0 Å². The van der Waals surface area contributed by atoms with Gasteiger partial charge in [0.25, 0.3) is 0 Å². The van der Waals surface area contributed by atoms with Crippen LogP contribution in [0.3, 0.4) is 0 Å². The van der Waals surface area contributed by atoms with Crippen molar-refractivity contribution in [1.82, 2.24) is 25.1 Å². The van der Waals surface area contributed by atoms with Crippen LogP contribution < -0.4 is 15.9 Å². The Hall–Kier alpha value is -1.89. The summed E-state index contributed by atoms with van der Waals surface area (Å²) in [4.78, 5) is 13.6. The molecule has 1 fully saturated rings. The number of anilines is 1. The topological polar surface area (TPSA) is 78.3 Å². The van der Waals surface area contributed by atoms with E-state index in [0.717, 1.165) is 25.5 Å². The van der Waals surface area contributed by atoms with E-state index >= 15 is 0 Å². The fraction of sp³-hybridized carbons (Fsp3) is 0.583. The van der Waals surface area contributed by atoms with E-state index in [2.05, 4.69) is 25.5 Å². The lowest BCUT2D eigenvalue weighted by Crippen LogP contribution is -2.35. The zero-order valence-corrected chi connectivity index (χ0v) is 11.0. The third kappa shape index (κ3) is 2.46. The van der Waals surface area contributed by atoms with Crippen molar-refractivity contribution < 1.29 is 0 Å². The van der Waals surface area contributed by atoms with Gasteiger partial charge in [-0.15, -0.1) is 5.10 Å². The molecule has 3 rings (SSSR count). The molecule has 0 aromatic carbocycles. The van der Waals surface area contributed by atoms with E-state index in [-0.39, 0.29) is 5.69 Å². The molecular formula is C12H18N6O. The Balaban J connectivity index is 1.78. The SMILES string of the molecule is CN(CC1CCNCC1)c1ccc2n[nH]c(=O)n2n1. The number of aromatic nitrogens is 4. The number of hydrogen-bond donors (Lipinski definition) is 2. The van der Waals surface area contributed by atoms with E-state index in [0.29, 0.717) is 11.6 Å². The third-order valence-electron chi connectivity index (χ3n) is 3.64. The Kier molecular flexibility index (Phi) is 3.20. The van der Waals surface area contributed by atoms with Crippen LogP contribution in [0, 0.1) is 5.92 Å². The maximum Gasteiger partial charge on any atom is 0.364 e. The predicted octanol–water partition coefficient (Wildman–Crippen LogP) is -0.147. The number of fused-ring (bicyclic) bond motifs is 1. The average Bonchev–Trinajstić information content (AvgIpc) is 2.81. The molecule has 7 nitrogen and oxygen atoms in total. The van der Waals surface area contributed by atoms with Gasteiger partial charge in [0.1, 0.15) is 5.82 Å².